The molecule has 0 fully saturated rings. The third-order valence-corrected chi connectivity index (χ3v) is 8.89. The van der Waals surface area contributed by atoms with Crippen LogP contribution in [-0.2, 0) is 25.9 Å². The van der Waals surface area contributed by atoms with Gasteiger partial charge in [0.05, 0.1) is 22.1 Å². The minimum Gasteiger partial charge on any atom is -0.486 e. The van der Waals surface area contributed by atoms with Crippen LogP contribution in [0.3, 0.4) is 0 Å². The average molecular weight is 569 g/mol. The monoisotopic (exact) mass is 568 g/mol. The molecule has 2 aliphatic heterocycles. The van der Waals surface area contributed by atoms with Crippen molar-refractivity contribution in [2.45, 2.75) is 24.3 Å². The highest BCUT2D eigenvalue weighted by molar-refractivity contribution is 7.95. The smallest absolute Gasteiger partial charge is 0.336 e. The number of dihydropyridines is 1. The molecule has 202 valence electrons. The first kappa shape index (κ1) is 26.9. The van der Waals surface area contributed by atoms with E-state index in [4.69, 9.17) is 21.1 Å². The van der Waals surface area contributed by atoms with Gasteiger partial charge in [-0.05, 0) is 36.8 Å². The van der Waals surface area contributed by atoms with Gasteiger partial charge in [0, 0.05) is 29.4 Å². The Labute approximate surface area is 231 Å². The van der Waals surface area contributed by atoms with Crippen molar-refractivity contribution in [1.29, 1.82) is 0 Å². The number of ether oxygens (including phenoxy) is 2. The van der Waals surface area contributed by atoms with Crippen LogP contribution in [-0.4, -0.2) is 34.1 Å². The number of fused-ring (bicyclic) bond motifs is 1. The fourth-order valence-corrected chi connectivity index (χ4v) is 6.96. The van der Waals surface area contributed by atoms with Gasteiger partial charge in [0.2, 0.25) is 9.84 Å². The van der Waals surface area contributed by atoms with Crippen LogP contribution in [0, 0.1) is 5.82 Å². The number of benzene rings is 3. The van der Waals surface area contributed by atoms with Crippen LogP contribution in [0.2, 0.25) is 5.02 Å². The quantitative estimate of drug-likeness (QED) is 0.311. The number of hydrogen-bond donors (Lipinski definition) is 2. The molecule has 3 aromatic rings. The van der Waals surface area contributed by atoms with E-state index >= 15 is 4.39 Å². The lowest BCUT2D eigenvalue weighted by Crippen LogP contribution is -2.34. The number of sulfone groups is 1. The molecule has 39 heavy (non-hydrogen) atoms. The molecule has 2 aliphatic rings. The zero-order valence-electron chi connectivity index (χ0n) is 21.0. The zero-order valence-corrected chi connectivity index (χ0v) is 22.6. The van der Waals surface area contributed by atoms with E-state index < -0.39 is 27.5 Å². The molecule has 0 bridgehead atoms. The SMILES string of the molecule is CC1=C(C(=O)OCCNCc2ccccc2)C(c2c(F)cccc2Cl)C2=C(COc3ccccc3S2(=O)=O)N1. The number of rotatable bonds is 7. The molecule has 10 heteroatoms. The van der Waals surface area contributed by atoms with Gasteiger partial charge in [0.25, 0.3) is 0 Å². The van der Waals surface area contributed by atoms with Crippen LogP contribution in [0.25, 0.3) is 0 Å². The van der Waals surface area contributed by atoms with Crippen molar-refractivity contribution in [3.8, 4) is 5.75 Å². The van der Waals surface area contributed by atoms with Gasteiger partial charge in [-0.1, -0.05) is 60.1 Å². The summed E-state index contributed by atoms with van der Waals surface area (Å²) < 4.78 is 54.8. The Kier molecular flexibility index (Phi) is 7.74. The van der Waals surface area contributed by atoms with Gasteiger partial charge in [0.15, 0.2) is 0 Å². The molecule has 1 unspecified atom stereocenters. The minimum absolute atomic E-state index is 0.00923. The van der Waals surface area contributed by atoms with Crippen LogP contribution in [0.15, 0.2) is 99.6 Å². The van der Waals surface area contributed by atoms with Crippen LogP contribution < -0.4 is 15.4 Å². The van der Waals surface area contributed by atoms with E-state index in [9.17, 15) is 13.2 Å². The molecule has 0 saturated heterocycles. The predicted octanol–water partition coefficient (Wildman–Crippen LogP) is 4.85. The van der Waals surface area contributed by atoms with Crippen LogP contribution in [0.1, 0.15) is 24.0 Å². The van der Waals surface area contributed by atoms with E-state index in [2.05, 4.69) is 10.6 Å². The van der Waals surface area contributed by atoms with Gasteiger partial charge >= 0.3 is 5.97 Å². The van der Waals surface area contributed by atoms with E-state index in [0.29, 0.717) is 18.8 Å². The summed E-state index contributed by atoms with van der Waals surface area (Å²) in [7, 11) is -4.25. The van der Waals surface area contributed by atoms with Crippen molar-refractivity contribution in [2.75, 3.05) is 19.8 Å². The first-order chi connectivity index (χ1) is 18.8. The van der Waals surface area contributed by atoms with Crippen molar-refractivity contribution in [3.63, 3.8) is 0 Å². The van der Waals surface area contributed by atoms with Gasteiger partial charge in [-0.2, -0.15) is 0 Å². The summed E-state index contributed by atoms with van der Waals surface area (Å²) in [6.45, 7) is 2.45. The van der Waals surface area contributed by atoms with Crippen molar-refractivity contribution in [3.05, 3.63) is 117 Å². The highest BCUT2D eigenvalue weighted by atomic mass is 35.5. The number of allylic oxidation sites excluding steroid dienone is 2. The standard InChI is InChI=1S/C29H26ClFN2O5S/c1-18-25(29(34)37-15-14-32-16-19-8-3-2-4-9-19)27(26-20(30)10-7-11-21(26)31)28-22(33-18)17-38-23-12-5-6-13-24(23)39(28,35)36/h2-13,27,32-33H,14-17H2,1H3. The second kappa shape index (κ2) is 11.2. The normalized spacial score (nSPS) is 17.9. The largest absolute Gasteiger partial charge is 0.486 e. The third-order valence-electron chi connectivity index (χ3n) is 6.58. The van der Waals surface area contributed by atoms with E-state index in [0.717, 1.165) is 5.56 Å². The Morgan fingerprint density at radius 1 is 1.10 bits per heavy atom. The topological polar surface area (TPSA) is 93.7 Å². The van der Waals surface area contributed by atoms with Crippen molar-refractivity contribution in [2.24, 2.45) is 0 Å². The highest BCUT2D eigenvalue weighted by Gasteiger charge is 2.45. The molecule has 0 spiro atoms. The van der Waals surface area contributed by atoms with E-state index in [1.165, 1.54) is 24.3 Å². The van der Waals surface area contributed by atoms with Gasteiger partial charge in [-0.3, -0.25) is 0 Å². The molecule has 1 atom stereocenters. The Bertz CT molecular complexity index is 1570. The summed E-state index contributed by atoms with van der Waals surface area (Å²) in [4.78, 5) is 13.2. The lowest BCUT2D eigenvalue weighted by molar-refractivity contribution is -0.139. The first-order valence-electron chi connectivity index (χ1n) is 12.3. The Hall–Kier alpha value is -3.66. The Balaban J connectivity index is 1.49. The fraction of sp³-hybridized carbons (Fsp3) is 0.207. The summed E-state index contributed by atoms with van der Waals surface area (Å²) in [5, 5.41) is 6.20. The van der Waals surface area contributed by atoms with Crippen LogP contribution in [0.5, 0.6) is 5.75 Å². The number of carbonyl (C=O) groups excluding carboxylic acids is 1. The van der Waals surface area contributed by atoms with Crippen molar-refractivity contribution < 1.29 is 27.1 Å². The summed E-state index contributed by atoms with van der Waals surface area (Å²) in [6, 6.07) is 20.0. The number of hydrogen-bond acceptors (Lipinski definition) is 7. The Morgan fingerprint density at radius 3 is 2.62 bits per heavy atom. The maximum absolute atomic E-state index is 15.4. The molecule has 0 aromatic heterocycles. The van der Waals surface area contributed by atoms with Gasteiger partial charge in [0.1, 0.15) is 29.7 Å². The van der Waals surface area contributed by atoms with Crippen LogP contribution in [0.4, 0.5) is 4.39 Å². The average Bonchev–Trinajstić information content (AvgIpc) is 3.02. The van der Waals surface area contributed by atoms with Crippen molar-refractivity contribution in [1.82, 2.24) is 10.6 Å². The number of halogens is 2. The number of carbonyl (C=O) groups is 1. The molecule has 0 amide bonds. The highest BCUT2D eigenvalue weighted by Crippen LogP contribution is 2.48. The molecule has 0 radical (unpaired) electrons. The van der Waals surface area contributed by atoms with E-state index in [-0.39, 0.29) is 50.6 Å². The molecule has 0 aliphatic carbocycles. The maximum atomic E-state index is 15.4. The molecule has 0 saturated carbocycles. The number of para-hydroxylation sites is 1. The van der Waals surface area contributed by atoms with Gasteiger partial charge < -0.3 is 20.1 Å². The number of esters is 1. The van der Waals surface area contributed by atoms with Gasteiger partial charge in [-0.15, -0.1) is 0 Å². The number of nitrogens with one attached hydrogen (secondary N) is 2. The molecule has 5 rings (SSSR count). The summed E-state index contributed by atoms with van der Waals surface area (Å²) in [5.74, 6) is -2.69. The van der Waals surface area contributed by atoms with Gasteiger partial charge in [-0.25, -0.2) is 17.6 Å². The van der Waals surface area contributed by atoms with Crippen molar-refractivity contribution >= 4 is 27.4 Å². The summed E-state index contributed by atoms with van der Waals surface area (Å²) in [6.07, 6.45) is 0. The maximum Gasteiger partial charge on any atom is 0.336 e. The summed E-state index contributed by atoms with van der Waals surface area (Å²) >= 11 is 6.46. The van der Waals surface area contributed by atoms with E-state index in [1.807, 2.05) is 30.3 Å². The molecule has 3 aromatic carbocycles. The lowest BCUT2D eigenvalue weighted by Gasteiger charge is -2.31. The van der Waals surface area contributed by atoms with E-state index in [1.54, 1.807) is 25.1 Å². The zero-order chi connectivity index (χ0) is 27.6. The first-order valence-corrected chi connectivity index (χ1v) is 14.2. The summed E-state index contributed by atoms with van der Waals surface area (Å²) in [5.41, 5.74) is 1.45. The second-order valence-corrected chi connectivity index (χ2v) is 11.4. The minimum atomic E-state index is -4.25. The Morgan fingerprint density at radius 2 is 1.85 bits per heavy atom. The third kappa shape index (κ3) is 5.30. The predicted molar refractivity (Wildman–Crippen MR) is 145 cm³/mol. The molecule has 2 heterocycles. The molecular weight excluding hydrogens is 543 g/mol. The molecule has 2 N–H and O–H groups in total. The fourth-order valence-electron chi connectivity index (χ4n) is 4.82. The second-order valence-electron chi connectivity index (χ2n) is 9.11. The molecular formula is C29H26ClFN2O5S. The van der Waals surface area contributed by atoms with Crippen LogP contribution >= 0.6 is 11.6 Å². The lowest BCUT2D eigenvalue weighted by atomic mass is 9.86. The molecule has 7 nitrogen and oxygen atoms in total.